The Morgan fingerprint density at radius 1 is 1.16 bits per heavy atom. The van der Waals surface area contributed by atoms with Crippen LogP contribution in [0.4, 0.5) is 0 Å². The lowest BCUT2D eigenvalue weighted by Crippen LogP contribution is -1.71. The van der Waals surface area contributed by atoms with Gasteiger partial charge < -0.3 is 4.42 Å². The summed E-state index contributed by atoms with van der Waals surface area (Å²) in [4.78, 5) is 0. The van der Waals surface area contributed by atoms with Gasteiger partial charge in [0.15, 0.2) is 0 Å². The van der Waals surface area contributed by atoms with Gasteiger partial charge in [0.1, 0.15) is 11.3 Å². The first kappa shape index (κ1) is 17.2. The molecule has 0 saturated heterocycles. The molecular formula is C18H26O. The third-order valence-electron chi connectivity index (χ3n) is 2.18. The van der Waals surface area contributed by atoms with E-state index >= 15 is 0 Å². The van der Waals surface area contributed by atoms with Crippen LogP contribution >= 0.6 is 0 Å². The second-order valence-corrected chi connectivity index (χ2v) is 3.79. The van der Waals surface area contributed by atoms with E-state index in [1.807, 2.05) is 51.1 Å². The van der Waals surface area contributed by atoms with Crippen molar-refractivity contribution < 1.29 is 4.42 Å². The molecule has 0 aliphatic heterocycles. The highest BCUT2D eigenvalue weighted by Gasteiger charge is 2.07. The zero-order valence-electron chi connectivity index (χ0n) is 12.9. The molecular weight excluding hydrogens is 232 g/mol. The minimum Gasteiger partial charge on any atom is -0.456 e. The zero-order valence-corrected chi connectivity index (χ0v) is 12.9. The lowest BCUT2D eigenvalue weighted by Gasteiger charge is -1.89. The largest absolute Gasteiger partial charge is 0.456 e. The molecule has 1 heterocycles. The van der Waals surface area contributed by atoms with E-state index in [0.717, 1.165) is 22.3 Å². The molecule has 0 fully saturated rings. The molecule has 19 heavy (non-hydrogen) atoms. The number of furan rings is 1. The Kier molecular flexibility index (Phi) is 9.25. The van der Waals surface area contributed by atoms with E-state index in [1.165, 1.54) is 6.42 Å². The Labute approximate surface area is 117 Å². The third-order valence-corrected chi connectivity index (χ3v) is 2.18. The van der Waals surface area contributed by atoms with Crippen LogP contribution in [0.25, 0.3) is 23.1 Å². The van der Waals surface area contributed by atoms with Gasteiger partial charge >= 0.3 is 0 Å². The molecule has 0 bridgehead atoms. The molecule has 0 atom stereocenters. The van der Waals surface area contributed by atoms with E-state index < -0.39 is 0 Å². The summed E-state index contributed by atoms with van der Waals surface area (Å²) in [5, 5.41) is 1.14. The van der Waals surface area contributed by atoms with Crippen molar-refractivity contribution >= 4 is 23.1 Å². The van der Waals surface area contributed by atoms with Crippen molar-refractivity contribution in [1.29, 1.82) is 0 Å². The molecule has 2 rings (SSSR count). The number of para-hydroxylation sites is 1. The predicted molar refractivity (Wildman–Crippen MR) is 88.3 cm³/mol. The third kappa shape index (κ3) is 4.78. The maximum absolute atomic E-state index is 5.63. The van der Waals surface area contributed by atoms with Gasteiger partial charge in [-0.05, 0) is 19.1 Å². The topological polar surface area (TPSA) is 13.1 Å². The van der Waals surface area contributed by atoms with Crippen molar-refractivity contribution in [2.45, 2.75) is 41.0 Å². The van der Waals surface area contributed by atoms with E-state index in [1.54, 1.807) is 6.08 Å². The van der Waals surface area contributed by atoms with Gasteiger partial charge in [0.25, 0.3) is 0 Å². The number of benzene rings is 1. The van der Waals surface area contributed by atoms with Crippen LogP contribution in [0.2, 0.25) is 0 Å². The van der Waals surface area contributed by atoms with E-state index in [2.05, 4.69) is 26.5 Å². The molecule has 1 heteroatoms. The SMILES string of the molecule is C=Cc1oc2ccccc2c1/C=C\C.CC.CCC. The second kappa shape index (κ2) is 10.2. The molecule has 1 aromatic carbocycles. The van der Waals surface area contributed by atoms with Crippen LogP contribution in [-0.4, -0.2) is 0 Å². The Balaban J connectivity index is 0.000000573. The average Bonchev–Trinajstić information content (AvgIpc) is 2.81. The first-order valence-electron chi connectivity index (χ1n) is 7.05. The lowest BCUT2D eigenvalue weighted by atomic mass is 10.1. The molecule has 0 amide bonds. The monoisotopic (exact) mass is 258 g/mol. The maximum Gasteiger partial charge on any atom is 0.135 e. The fraction of sp³-hybridized carbons (Fsp3) is 0.333. The van der Waals surface area contributed by atoms with Crippen molar-refractivity contribution in [2.24, 2.45) is 0 Å². The fourth-order valence-electron chi connectivity index (χ4n) is 1.57. The lowest BCUT2D eigenvalue weighted by molar-refractivity contribution is 0.603. The normalized spacial score (nSPS) is 9.53. The number of rotatable bonds is 2. The molecule has 0 spiro atoms. The predicted octanol–water partition coefficient (Wildman–Crippen LogP) is 6.55. The molecule has 0 aliphatic carbocycles. The van der Waals surface area contributed by atoms with Crippen LogP contribution in [0.15, 0.2) is 41.3 Å². The molecule has 0 saturated carbocycles. The highest BCUT2D eigenvalue weighted by molar-refractivity contribution is 5.90. The maximum atomic E-state index is 5.63. The first-order chi connectivity index (χ1) is 9.28. The van der Waals surface area contributed by atoms with Crippen molar-refractivity contribution in [3.63, 3.8) is 0 Å². The summed E-state index contributed by atoms with van der Waals surface area (Å²) in [6.07, 6.45) is 7.04. The first-order valence-corrected chi connectivity index (χ1v) is 7.05. The number of allylic oxidation sites excluding steroid dienone is 1. The van der Waals surface area contributed by atoms with E-state index in [9.17, 15) is 0 Å². The van der Waals surface area contributed by atoms with Crippen molar-refractivity contribution in [3.8, 4) is 0 Å². The molecule has 104 valence electrons. The average molecular weight is 258 g/mol. The van der Waals surface area contributed by atoms with Gasteiger partial charge in [0.05, 0.1) is 0 Å². The molecule has 2 aromatic rings. The zero-order chi connectivity index (χ0) is 14.7. The number of hydrogen-bond acceptors (Lipinski definition) is 1. The summed E-state index contributed by atoms with van der Waals surface area (Å²) >= 11 is 0. The molecule has 0 radical (unpaired) electrons. The van der Waals surface area contributed by atoms with Crippen LogP contribution in [-0.2, 0) is 0 Å². The Morgan fingerprint density at radius 2 is 1.74 bits per heavy atom. The standard InChI is InChI=1S/C13H12O.C3H8.C2H6/c1-3-7-10-11-8-5-6-9-13(11)14-12(10)4-2;1-3-2;1-2/h3-9H,2H2,1H3;3H2,1-2H3;1-2H3/b7-3-;;. The van der Waals surface area contributed by atoms with Gasteiger partial charge in [-0.1, -0.05) is 71.0 Å². The molecule has 1 aromatic heterocycles. The van der Waals surface area contributed by atoms with Crippen LogP contribution in [0.3, 0.4) is 0 Å². The molecule has 0 aliphatic rings. The van der Waals surface area contributed by atoms with Crippen LogP contribution in [0, 0.1) is 0 Å². The van der Waals surface area contributed by atoms with Crippen LogP contribution < -0.4 is 0 Å². The number of hydrogen-bond donors (Lipinski definition) is 0. The van der Waals surface area contributed by atoms with Gasteiger partial charge in [-0.2, -0.15) is 0 Å². The van der Waals surface area contributed by atoms with Crippen molar-refractivity contribution in [3.05, 3.63) is 48.2 Å². The van der Waals surface area contributed by atoms with E-state index in [4.69, 9.17) is 4.42 Å². The summed E-state index contributed by atoms with van der Waals surface area (Å²) < 4.78 is 5.63. The quantitative estimate of drug-likeness (QED) is 0.595. The summed E-state index contributed by atoms with van der Waals surface area (Å²) in [5.74, 6) is 0.837. The highest BCUT2D eigenvalue weighted by Crippen LogP contribution is 2.27. The van der Waals surface area contributed by atoms with Gasteiger partial charge in [-0.25, -0.2) is 0 Å². The summed E-state index contributed by atoms with van der Waals surface area (Å²) in [5.41, 5.74) is 2.02. The van der Waals surface area contributed by atoms with Gasteiger partial charge in [0, 0.05) is 10.9 Å². The van der Waals surface area contributed by atoms with Gasteiger partial charge in [0.2, 0.25) is 0 Å². The van der Waals surface area contributed by atoms with E-state index in [0.29, 0.717) is 0 Å². The van der Waals surface area contributed by atoms with E-state index in [-0.39, 0.29) is 0 Å². The highest BCUT2D eigenvalue weighted by atomic mass is 16.3. The van der Waals surface area contributed by atoms with Gasteiger partial charge in [-0.15, -0.1) is 0 Å². The fourth-order valence-corrected chi connectivity index (χ4v) is 1.57. The molecule has 0 N–H and O–H groups in total. The van der Waals surface area contributed by atoms with Crippen LogP contribution in [0.5, 0.6) is 0 Å². The molecule has 1 nitrogen and oxygen atoms in total. The minimum absolute atomic E-state index is 0.837. The molecule has 0 unspecified atom stereocenters. The Morgan fingerprint density at radius 3 is 2.26 bits per heavy atom. The van der Waals surface area contributed by atoms with Crippen molar-refractivity contribution in [2.75, 3.05) is 0 Å². The number of fused-ring (bicyclic) bond motifs is 1. The summed E-state index contributed by atoms with van der Waals surface area (Å²) in [6.45, 7) is 14.0. The van der Waals surface area contributed by atoms with Gasteiger partial charge in [-0.3, -0.25) is 0 Å². The smallest absolute Gasteiger partial charge is 0.135 e. The minimum atomic E-state index is 0.837. The van der Waals surface area contributed by atoms with Crippen LogP contribution in [0.1, 0.15) is 52.4 Å². The summed E-state index contributed by atoms with van der Waals surface area (Å²) in [7, 11) is 0. The Hall–Kier alpha value is -1.76. The summed E-state index contributed by atoms with van der Waals surface area (Å²) in [6, 6.07) is 8.01. The van der Waals surface area contributed by atoms with Crippen molar-refractivity contribution in [1.82, 2.24) is 0 Å². The Bertz CT molecular complexity index is 503. The second-order valence-electron chi connectivity index (χ2n) is 3.79.